The van der Waals surface area contributed by atoms with Crippen LogP contribution in [0.1, 0.15) is 36.5 Å². The number of fused-ring (bicyclic) bond motifs is 1. The van der Waals surface area contributed by atoms with Crippen LogP contribution >= 0.6 is 0 Å². The van der Waals surface area contributed by atoms with E-state index in [4.69, 9.17) is 15.7 Å². The van der Waals surface area contributed by atoms with Crippen molar-refractivity contribution in [2.75, 3.05) is 17.2 Å². The standard InChI is InChI=1S/C23H29N5/c1-14-11-15(2)13-19(12-14)26-23-27-21-18(9-10-24)5-4-6-20(21)22(28-23)25-16(3)17-7-8-17/h4-6,11-13,16-17H,7-10,24H2,1-3H3,(H2,25,26,27,28)/t16-/m1/s1. The van der Waals surface area contributed by atoms with Gasteiger partial charge in [-0.1, -0.05) is 18.2 Å². The summed E-state index contributed by atoms with van der Waals surface area (Å²) in [6, 6.07) is 13.1. The molecular formula is C23H29N5. The van der Waals surface area contributed by atoms with Gasteiger partial charge in [-0.2, -0.15) is 4.98 Å². The van der Waals surface area contributed by atoms with Gasteiger partial charge in [-0.05, 0) is 87.4 Å². The van der Waals surface area contributed by atoms with Crippen LogP contribution in [0.5, 0.6) is 0 Å². The highest BCUT2D eigenvalue weighted by molar-refractivity contribution is 5.92. The van der Waals surface area contributed by atoms with Crippen molar-refractivity contribution in [3.63, 3.8) is 0 Å². The first kappa shape index (κ1) is 18.7. The van der Waals surface area contributed by atoms with Crippen LogP contribution in [0.2, 0.25) is 0 Å². The summed E-state index contributed by atoms with van der Waals surface area (Å²) in [6.07, 6.45) is 3.39. The normalized spacial score (nSPS) is 14.9. The molecule has 4 rings (SSSR count). The zero-order chi connectivity index (χ0) is 19.7. The fourth-order valence-corrected chi connectivity index (χ4v) is 3.84. The maximum absolute atomic E-state index is 5.84. The van der Waals surface area contributed by atoms with E-state index >= 15 is 0 Å². The van der Waals surface area contributed by atoms with E-state index < -0.39 is 0 Å². The summed E-state index contributed by atoms with van der Waals surface area (Å²) < 4.78 is 0. The maximum Gasteiger partial charge on any atom is 0.229 e. The highest BCUT2D eigenvalue weighted by Gasteiger charge is 2.28. The molecule has 1 fully saturated rings. The average molecular weight is 376 g/mol. The second kappa shape index (κ2) is 7.76. The van der Waals surface area contributed by atoms with E-state index in [1.807, 2.05) is 0 Å². The summed E-state index contributed by atoms with van der Waals surface area (Å²) in [5.41, 5.74) is 11.4. The second-order valence-electron chi connectivity index (χ2n) is 8.02. The molecule has 28 heavy (non-hydrogen) atoms. The quantitative estimate of drug-likeness (QED) is 0.558. The third-order valence-corrected chi connectivity index (χ3v) is 5.40. The molecule has 1 aromatic heterocycles. The van der Waals surface area contributed by atoms with Crippen LogP contribution in [0.15, 0.2) is 36.4 Å². The van der Waals surface area contributed by atoms with E-state index in [2.05, 4.69) is 67.8 Å². The topological polar surface area (TPSA) is 75.9 Å². The summed E-state index contributed by atoms with van der Waals surface area (Å²) in [7, 11) is 0. The van der Waals surface area contributed by atoms with Crippen molar-refractivity contribution in [3.8, 4) is 0 Å². The highest BCUT2D eigenvalue weighted by Crippen LogP contribution is 2.35. The Morgan fingerprint density at radius 1 is 1.11 bits per heavy atom. The number of aryl methyl sites for hydroxylation is 2. The Bertz CT molecular complexity index is 973. The minimum Gasteiger partial charge on any atom is -0.367 e. The maximum atomic E-state index is 5.84. The first-order valence-electron chi connectivity index (χ1n) is 10.1. The van der Waals surface area contributed by atoms with Gasteiger partial charge in [0, 0.05) is 17.1 Å². The van der Waals surface area contributed by atoms with Crippen LogP contribution < -0.4 is 16.4 Å². The Morgan fingerprint density at radius 3 is 2.54 bits per heavy atom. The lowest BCUT2D eigenvalue weighted by molar-refractivity contribution is 0.691. The van der Waals surface area contributed by atoms with Gasteiger partial charge in [0.15, 0.2) is 0 Å². The van der Waals surface area contributed by atoms with Crippen molar-refractivity contribution in [2.45, 2.75) is 46.1 Å². The first-order chi connectivity index (χ1) is 13.5. The van der Waals surface area contributed by atoms with Crippen molar-refractivity contribution in [1.82, 2.24) is 9.97 Å². The van der Waals surface area contributed by atoms with E-state index in [-0.39, 0.29) is 0 Å². The summed E-state index contributed by atoms with van der Waals surface area (Å²) in [4.78, 5) is 9.70. The number of nitrogens with zero attached hydrogens (tertiary/aromatic N) is 2. The van der Waals surface area contributed by atoms with E-state index in [0.717, 1.165) is 40.3 Å². The number of nitrogens with one attached hydrogen (secondary N) is 2. The van der Waals surface area contributed by atoms with Crippen molar-refractivity contribution >= 4 is 28.4 Å². The average Bonchev–Trinajstić information content (AvgIpc) is 3.47. The van der Waals surface area contributed by atoms with Crippen molar-refractivity contribution in [1.29, 1.82) is 0 Å². The van der Waals surface area contributed by atoms with Crippen LogP contribution in [-0.4, -0.2) is 22.6 Å². The van der Waals surface area contributed by atoms with Gasteiger partial charge in [0.2, 0.25) is 5.95 Å². The number of aromatic nitrogens is 2. The molecule has 0 bridgehead atoms. The van der Waals surface area contributed by atoms with E-state index in [0.29, 0.717) is 18.5 Å². The first-order valence-corrected chi connectivity index (χ1v) is 10.1. The summed E-state index contributed by atoms with van der Waals surface area (Å²) in [5, 5.41) is 8.11. The molecule has 1 heterocycles. The molecule has 3 aromatic rings. The fraction of sp³-hybridized carbons (Fsp3) is 0.391. The molecule has 0 unspecified atom stereocenters. The number of anilines is 3. The smallest absolute Gasteiger partial charge is 0.229 e. The predicted octanol–water partition coefficient (Wildman–Crippen LogP) is 4.70. The van der Waals surface area contributed by atoms with Crippen LogP contribution in [0.25, 0.3) is 10.9 Å². The van der Waals surface area contributed by atoms with Crippen LogP contribution in [0, 0.1) is 19.8 Å². The lowest BCUT2D eigenvalue weighted by atomic mass is 10.1. The van der Waals surface area contributed by atoms with Crippen molar-refractivity contribution < 1.29 is 0 Å². The molecule has 2 aromatic carbocycles. The number of rotatable bonds is 7. The Balaban J connectivity index is 1.77. The Kier molecular flexibility index (Phi) is 5.18. The molecule has 0 saturated heterocycles. The number of hydrogen-bond donors (Lipinski definition) is 3. The zero-order valence-electron chi connectivity index (χ0n) is 16.9. The molecule has 5 heteroatoms. The van der Waals surface area contributed by atoms with Gasteiger partial charge in [-0.3, -0.25) is 0 Å². The second-order valence-corrected chi connectivity index (χ2v) is 8.02. The van der Waals surface area contributed by atoms with Crippen molar-refractivity contribution in [2.24, 2.45) is 11.7 Å². The predicted molar refractivity (Wildman–Crippen MR) is 117 cm³/mol. The summed E-state index contributed by atoms with van der Waals surface area (Å²) >= 11 is 0. The van der Waals surface area contributed by atoms with Gasteiger partial charge in [-0.15, -0.1) is 0 Å². The number of nitrogens with two attached hydrogens (primary N) is 1. The lowest BCUT2D eigenvalue weighted by Crippen LogP contribution is -2.19. The Morgan fingerprint density at radius 2 is 1.86 bits per heavy atom. The molecule has 146 valence electrons. The van der Waals surface area contributed by atoms with E-state index in [9.17, 15) is 0 Å². The Hall–Kier alpha value is -2.66. The molecule has 1 aliphatic carbocycles. The third kappa shape index (κ3) is 4.09. The molecule has 1 atom stereocenters. The van der Waals surface area contributed by atoms with E-state index in [1.165, 1.54) is 24.0 Å². The van der Waals surface area contributed by atoms with Gasteiger partial charge in [-0.25, -0.2) is 4.98 Å². The molecule has 4 N–H and O–H groups in total. The number of benzene rings is 2. The largest absolute Gasteiger partial charge is 0.367 e. The molecule has 0 spiro atoms. The Labute approximate surface area is 166 Å². The van der Waals surface area contributed by atoms with E-state index in [1.54, 1.807) is 0 Å². The molecule has 0 aliphatic heterocycles. The SMILES string of the molecule is Cc1cc(C)cc(Nc2nc(N[C@H](C)C3CC3)c3cccc(CCN)c3n2)c1. The summed E-state index contributed by atoms with van der Waals surface area (Å²) in [6.45, 7) is 7.04. The van der Waals surface area contributed by atoms with Gasteiger partial charge < -0.3 is 16.4 Å². The molecule has 0 radical (unpaired) electrons. The monoisotopic (exact) mass is 375 g/mol. The third-order valence-electron chi connectivity index (χ3n) is 5.40. The van der Waals surface area contributed by atoms with Crippen molar-refractivity contribution in [3.05, 3.63) is 53.1 Å². The fourth-order valence-electron chi connectivity index (χ4n) is 3.84. The van der Waals surface area contributed by atoms with Gasteiger partial charge in [0.05, 0.1) is 5.52 Å². The van der Waals surface area contributed by atoms with Crippen LogP contribution in [0.3, 0.4) is 0 Å². The zero-order valence-corrected chi connectivity index (χ0v) is 16.9. The van der Waals surface area contributed by atoms with Crippen LogP contribution in [-0.2, 0) is 6.42 Å². The van der Waals surface area contributed by atoms with Gasteiger partial charge in [0.1, 0.15) is 5.82 Å². The number of hydrogen-bond acceptors (Lipinski definition) is 5. The van der Waals surface area contributed by atoms with Crippen LogP contribution in [0.4, 0.5) is 17.5 Å². The molecule has 1 aliphatic rings. The van der Waals surface area contributed by atoms with Gasteiger partial charge in [0.25, 0.3) is 0 Å². The summed E-state index contributed by atoms with van der Waals surface area (Å²) in [5.74, 6) is 2.26. The lowest BCUT2D eigenvalue weighted by Gasteiger charge is -2.18. The molecule has 0 amide bonds. The molecular weight excluding hydrogens is 346 g/mol. The highest BCUT2D eigenvalue weighted by atomic mass is 15.2. The molecule has 1 saturated carbocycles. The molecule has 5 nitrogen and oxygen atoms in total. The minimum atomic E-state index is 0.408. The minimum absolute atomic E-state index is 0.408. The number of para-hydroxylation sites is 1. The van der Waals surface area contributed by atoms with Gasteiger partial charge >= 0.3 is 0 Å².